The highest BCUT2D eigenvalue weighted by molar-refractivity contribution is 7.89. The molecule has 0 spiro atoms. The van der Waals surface area contributed by atoms with Gasteiger partial charge in [0.2, 0.25) is 10.0 Å². The highest BCUT2D eigenvalue weighted by atomic mass is 32.2. The molecule has 122 valence electrons. The molecule has 1 aromatic heterocycles. The van der Waals surface area contributed by atoms with Gasteiger partial charge < -0.3 is 14.6 Å². The van der Waals surface area contributed by atoms with Gasteiger partial charge in [0, 0.05) is 25.2 Å². The number of aryl methyl sites for hydroxylation is 2. The number of hydrogen-bond donors (Lipinski definition) is 2. The summed E-state index contributed by atoms with van der Waals surface area (Å²) in [6, 6.07) is 0. The topological polar surface area (TPSA) is 74.6 Å². The van der Waals surface area contributed by atoms with E-state index >= 15 is 0 Å². The Hall–Kier alpha value is -0.890. The molecular weight excluding hydrogens is 290 g/mol. The van der Waals surface area contributed by atoms with Crippen LogP contribution in [0, 0.1) is 13.8 Å². The van der Waals surface area contributed by atoms with Crippen LogP contribution in [0.4, 0.5) is 0 Å². The Labute approximate surface area is 127 Å². The van der Waals surface area contributed by atoms with Gasteiger partial charge in [0.15, 0.2) is 0 Å². The summed E-state index contributed by atoms with van der Waals surface area (Å²) in [4.78, 5) is 2.33. The first-order valence-corrected chi connectivity index (χ1v) is 8.79. The van der Waals surface area contributed by atoms with Gasteiger partial charge in [0.25, 0.3) is 0 Å². The van der Waals surface area contributed by atoms with Gasteiger partial charge in [-0.1, -0.05) is 13.8 Å². The Kier molecular flexibility index (Phi) is 6.86. The number of nitrogens with one attached hydrogen (secondary N) is 2. The average Bonchev–Trinajstić information content (AvgIpc) is 2.70. The Morgan fingerprint density at radius 1 is 1.19 bits per heavy atom. The molecule has 0 aliphatic rings. The van der Waals surface area contributed by atoms with Crippen LogP contribution in [0.5, 0.6) is 0 Å². The minimum Gasteiger partial charge on any atom is -0.465 e. The zero-order valence-corrected chi connectivity index (χ0v) is 14.4. The van der Waals surface area contributed by atoms with E-state index in [4.69, 9.17) is 4.42 Å². The number of hydrogen-bond acceptors (Lipinski definition) is 5. The van der Waals surface area contributed by atoms with Crippen LogP contribution < -0.4 is 10.0 Å². The summed E-state index contributed by atoms with van der Waals surface area (Å²) in [5, 5.41) is 3.15. The third kappa shape index (κ3) is 4.81. The molecule has 0 bridgehead atoms. The zero-order chi connectivity index (χ0) is 16.0. The van der Waals surface area contributed by atoms with Crippen LogP contribution in [0.25, 0.3) is 0 Å². The van der Waals surface area contributed by atoms with Crippen LogP contribution >= 0.6 is 0 Å². The molecule has 21 heavy (non-hydrogen) atoms. The number of furan rings is 1. The lowest BCUT2D eigenvalue weighted by Gasteiger charge is -2.14. The van der Waals surface area contributed by atoms with Gasteiger partial charge >= 0.3 is 0 Å². The molecule has 0 aliphatic carbocycles. The predicted octanol–water partition coefficient (Wildman–Crippen LogP) is 1.24. The van der Waals surface area contributed by atoms with Gasteiger partial charge in [-0.15, -0.1) is 0 Å². The van der Waals surface area contributed by atoms with Gasteiger partial charge in [0.1, 0.15) is 16.4 Å². The third-order valence-electron chi connectivity index (χ3n) is 3.47. The first-order valence-electron chi connectivity index (χ1n) is 7.31. The van der Waals surface area contributed by atoms with Crippen molar-refractivity contribution in [1.82, 2.24) is 14.9 Å². The second-order valence-corrected chi connectivity index (χ2v) is 6.80. The maximum absolute atomic E-state index is 12.5. The molecule has 2 N–H and O–H groups in total. The Balaban J connectivity index is 2.91. The van der Waals surface area contributed by atoms with Crippen LogP contribution in [0.1, 0.15) is 30.9 Å². The van der Waals surface area contributed by atoms with E-state index in [0.29, 0.717) is 36.7 Å². The zero-order valence-electron chi connectivity index (χ0n) is 13.6. The first-order chi connectivity index (χ1) is 9.83. The van der Waals surface area contributed by atoms with Crippen molar-refractivity contribution < 1.29 is 12.8 Å². The van der Waals surface area contributed by atoms with E-state index in [1.54, 1.807) is 13.8 Å². The molecule has 1 heterocycles. The monoisotopic (exact) mass is 317 g/mol. The molecule has 0 aromatic carbocycles. The van der Waals surface area contributed by atoms with E-state index in [1.165, 1.54) is 0 Å². The minimum absolute atomic E-state index is 0.278. The fourth-order valence-corrected chi connectivity index (χ4v) is 3.58. The Morgan fingerprint density at radius 3 is 2.43 bits per heavy atom. The summed E-state index contributed by atoms with van der Waals surface area (Å²) < 4.78 is 33.2. The van der Waals surface area contributed by atoms with Gasteiger partial charge in [-0.3, -0.25) is 0 Å². The Bertz CT molecular complexity index is 552. The van der Waals surface area contributed by atoms with Crippen molar-refractivity contribution in [1.29, 1.82) is 0 Å². The quantitative estimate of drug-likeness (QED) is 0.717. The molecule has 0 atom stereocenters. The molecule has 1 aromatic rings. The molecule has 0 amide bonds. The lowest BCUT2D eigenvalue weighted by molar-refractivity contribution is 0.358. The van der Waals surface area contributed by atoms with Crippen LogP contribution in [-0.2, 0) is 16.6 Å². The number of sulfonamides is 1. The SMILES string of the molecule is CCNCc1c(C)oc(C)c1S(=O)(=O)NCCN(C)CC. The third-order valence-corrected chi connectivity index (χ3v) is 5.13. The van der Waals surface area contributed by atoms with Crippen LogP contribution in [0.2, 0.25) is 0 Å². The minimum atomic E-state index is -3.55. The van der Waals surface area contributed by atoms with Crippen molar-refractivity contribution in [2.45, 2.75) is 39.1 Å². The smallest absolute Gasteiger partial charge is 0.244 e. The first kappa shape index (κ1) is 18.2. The molecule has 0 saturated carbocycles. The van der Waals surface area contributed by atoms with Crippen molar-refractivity contribution in [3.05, 3.63) is 17.1 Å². The maximum atomic E-state index is 12.5. The molecule has 1 rings (SSSR count). The van der Waals surface area contributed by atoms with E-state index in [1.807, 2.05) is 20.9 Å². The van der Waals surface area contributed by atoms with Gasteiger partial charge in [-0.2, -0.15) is 0 Å². The second-order valence-electron chi connectivity index (χ2n) is 5.10. The molecule has 0 radical (unpaired) electrons. The number of likely N-dealkylation sites (N-methyl/N-ethyl adjacent to an activating group) is 1. The normalized spacial score (nSPS) is 12.3. The van der Waals surface area contributed by atoms with Crippen LogP contribution in [-0.4, -0.2) is 46.5 Å². The molecule has 0 aliphatic heterocycles. The lowest BCUT2D eigenvalue weighted by atomic mass is 10.2. The van der Waals surface area contributed by atoms with Gasteiger partial charge in [-0.25, -0.2) is 13.1 Å². The van der Waals surface area contributed by atoms with E-state index in [0.717, 1.165) is 13.1 Å². The summed E-state index contributed by atoms with van der Waals surface area (Å²) in [5.74, 6) is 1.09. The molecule has 6 nitrogen and oxygen atoms in total. The summed E-state index contributed by atoms with van der Waals surface area (Å²) in [6.45, 7) is 10.7. The lowest BCUT2D eigenvalue weighted by Crippen LogP contribution is -2.33. The fourth-order valence-electron chi connectivity index (χ4n) is 2.12. The molecular formula is C14H27N3O3S. The largest absolute Gasteiger partial charge is 0.465 e. The summed E-state index contributed by atoms with van der Waals surface area (Å²) in [7, 11) is -1.59. The van der Waals surface area contributed by atoms with Crippen LogP contribution in [0.3, 0.4) is 0 Å². The summed E-state index contributed by atoms with van der Waals surface area (Å²) in [5.41, 5.74) is 0.714. The predicted molar refractivity (Wildman–Crippen MR) is 83.9 cm³/mol. The van der Waals surface area contributed by atoms with Crippen molar-refractivity contribution in [2.75, 3.05) is 33.2 Å². The molecule has 7 heteroatoms. The summed E-state index contributed by atoms with van der Waals surface area (Å²) in [6.07, 6.45) is 0. The molecule has 0 fully saturated rings. The standard InChI is InChI=1S/C14H27N3O3S/c1-6-15-10-13-11(3)20-12(4)14(13)21(18,19)16-8-9-17(5)7-2/h15-16H,6-10H2,1-5H3. The van der Waals surface area contributed by atoms with Crippen LogP contribution in [0.15, 0.2) is 9.31 Å². The second kappa shape index (κ2) is 7.93. The average molecular weight is 317 g/mol. The van der Waals surface area contributed by atoms with Crippen molar-refractivity contribution in [3.63, 3.8) is 0 Å². The van der Waals surface area contributed by atoms with E-state index in [-0.39, 0.29) is 4.90 Å². The van der Waals surface area contributed by atoms with Crippen molar-refractivity contribution >= 4 is 10.0 Å². The molecule has 0 saturated heterocycles. The maximum Gasteiger partial charge on any atom is 0.244 e. The summed E-state index contributed by atoms with van der Waals surface area (Å²) >= 11 is 0. The fraction of sp³-hybridized carbons (Fsp3) is 0.714. The highest BCUT2D eigenvalue weighted by Gasteiger charge is 2.26. The van der Waals surface area contributed by atoms with E-state index < -0.39 is 10.0 Å². The number of nitrogens with zero attached hydrogens (tertiary/aromatic N) is 1. The van der Waals surface area contributed by atoms with Gasteiger partial charge in [-0.05, 0) is 34.0 Å². The van der Waals surface area contributed by atoms with Crippen molar-refractivity contribution in [2.24, 2.45) is 0 Å². The molecule has 0 unspecified atom stereocenters. The van der Waals surface area contributed by atoms with E-state index in [2.05, 4.69) is 14.9 Å². The highest BCUT2D eigenvalue weighted by Crippen LogP contribution is 2.26. The van der Waals surface area contributed by atoms with E-state index in [9.17, 15) is 8.42 Å². The van der Waals surface area contributed by atoms with Gasteiger partial charge in [0.05, 0.1) is 0 Å². The Morgan fingerprint density at radius 2 is 1.86 bits per heavy atom. The van der Waals surface area contributed by atoms with Crippen molar-refractivity contribution in [3.8, 4) is 0 Å². The number of rotatable bonds is 9.